The topological polar surface area (TPSA) is 58.6 Å². The van der Waals surface area contributed by atoms with E-state index >= 15 is 0 Å². The van der Waals surface area contributed by atoms with E-state index in [1.807, 2.05) is 30.3 Å². The molecule has 4 nitrogen and oxygen atoms in total. The third-order valence-electron chi connectivity index (χ3n) is 2.91. The number of carboxylic acid groups (broad SMARTS) is 1. The molecule has 0 saturated carbocycles. The summed E-state index contributed by atoms with van der Waals surface area (Å²) in [5.41, 5.74) is 1.79. The average Bonchev–Trinajstić information content (AvgIpc) is 2.46. The molecule has 0 unspecified atom stereocenters. The van der Waals surface area contributed by atoms with E-state index in [0.717, 1.165) is 11.1 Å². The first-order chi connectivity index (χ1) is 10.5. The minimum Gasteiger partial charge on any atom is -0.489 e. The molecule has 2 rings (SSSR count). The summed E-state index contributed by atoms with van der Waals surface area (Å²) in [5.74, 6) is -0.189. The first kappa shape index (κ1) is 16.6. The van der Waals surface area contributed by atoms with E-state index in [2.05, 4.69) is 5.32 Å². The minimum absolute atomic E-state index is 0.0779. The predicted molar refractivity (Wildman–Crippen MR) is 86.6 cm³/mol. The van der Waals surface area contributed by atoms with Crippen LogP contribution in [0.3, 0.4) is 0 Å². The molecule has 6 heteroatoms. The lowest BCUT2D eigenvalue weighted by atomic mass is 10.2. The first-order valence-electron chi connectivity index (χ1n) is 6.63. The van der Waals surface area contributed by atoms with Crippen LogP contribution in [0.25, 0.3) is 0 Å². The Morgan fingerprint density at radius 1 is 1.18 bits per heavy atom. The number of benzene rings is 2. The number of ether oxygens (including phenoxy) is 1. The van der Waals surface area contributed by atoms with E-state index in [1.54, 1.807) is 12.1 Å². The van der Waals surface area contributed by atoms with Crippen molar-refractivity contribution in [3.63, 3.8) is 0 Å². The van der Waals surface area contributed by atoms with Crippen LogP contribution in [-0.2, 0) is 17.9 Å². The molecule has 0 atom stereocenters. The summed E-state index contributed by atoms with van der Waals surface area (Å²) in [6.45, 7) is 0.721. The monoisotopic (exact) mass is 339 g/mol. The van der Waals surface area contributed by atoms with Crippen LogP contribution >= 0.6 is 23.2 Å². The number of carboxylic acids is 1. The van der Waals surface area contributed by atoms with Crippen molar-refractivity contribution >= 4 is 29.2 Å². The van der Waals surface area contributed by atoms with Gasteiger partial charge in [-0.25, -0.2) is 0 Å². The maximum atomic E-state index is 10.5. The molecule has 0 aliphatic heterocycles. The van der Waals surface area contributed by atoms with Gasteiger partial charge in [0.05, 0.1) is 6.54 Å². The third-order valence-corrected chi connectivity index (χ3v) is 3.50. The number of hydrogen-bond donors (Lipinski definition) is 2. The zero-order valence-corrected chi connectivity index (χ0v) is 13.2. The number of nitrogens with one attached hydrogen (secondary N) is 1. The van der Waals surface area contributed by atoms with Gasteiger partial charge in [0.15, 0.2) is 0 Å². The van der Waals surface area contributed by atoms with Gasteiger partial charge in [-0.2, -0.15) is 0 Å². The minimum atomic E-state index is -0.884. The first-order valence-corrected chi connectivity index (χ1v) is 7.38. The Morgan fingerprint density at radius 3 is 2.73 bits per heavy atom. The Labute approximate surface area is 138 Å². The Hall–Kier alpha value is -1.75. The second kappa shape index (κ2) is 8.03. The molecule has 2 N–H and O–H groups in total. The summed E-state index contributed by atoms with van der Waals surface area (Å²) < 4.78 is 5.71. The highest BCUT2D eigenvalue weighted by molar-refractivity contribution is 6.35. The molecular formula is C16H15Cl2NO3. The molecule has 0 saturated heterocycles. The quantitative estimate of drug-likeness (QED) is 0.806. The van der Waals surface area contributed by atoms with Gasteiger partial charge in [-0.15, -0.1) is 0 Å². The van der Waals surface area contributed by atoms with Gasteiger partial charge >= 0.3 is 5.97 Å². The summed E-state index contributed by atoms with van der Waals surface area (Å²) >= 11 is 11.9. The summed E-state index contributed by atoms with van der Waals surface area (Å²) in [7, 11) is 0. The highest BCUT2D eigenvalue weighted by Gasteiger charge is 2.04. The van der Waals surface area contributed by atoms with Crippen molar-refractivity contribution in [2.45, 2.75) is 13.2 Å². The normalized spacial score (nSPS) is 10.5. The van der Waals surface area contributed by atoms with Gasteiger partial charge in [-0.05, 0) is 29.8 Å². The molecular weight excluding hydrogens is 325 g/mol. The summed E-state index contributed by atoms with van der Waals surface area (Å²) in [4.78, 5) is 10.5. The molecule has 0 fully saturated rings. The van der Waals surface area contributed by atoms with E-state index in [4.69, 9.17) is 33.0 Å². The van der Waals surface area contributed by atoms with Gasteiger partial charge < -0.3 is 15.2 Å². The zero-order valence-electron chi connectivity index (χ0n) is 11.7. The van der Waals surface area contributed by atoms with Crippen LogP contribution in [0, 0.1) is 0 Å². The van der Waals surface area contributed by atoms with Crippen LogP contribution in [0.5, 0.6) is 5.75 Å². The van der Waals surface area contributed by atoms with Gasteiger partial charge in [0.25, 0.3) is 0 Å². The molecule has 0 aliphatic carbocycles. The lowest BCUT2D eigenvalue weighted by molar-refractivity contribution is -0.135. The van der Waals surface area contributed by atoms with Gasteiger partial charge in [0.2, 0.25) is 0 Å². The van der Waals surface area contributed by atoms with Crippen LogP contribution in [-0.4, -0.2) is 17.6 Å². The summed E-state index contributed by atoms with van der Waals surface area (Å²) in [6.07, 6.45) is 0. The predicted octanol–water partition coefficient (Wildman–Crippen LogP) is 3.75. The van der Waals surface area contributed by atoms with Gasteiger partial charge in [-0.3, -0.25) is 4.79 Å². The Bertz CT molecular complexity index is 662. The van der Waals surface area contributed by atoms with Crippen molar-refractivity contribution in [3.8, 4) is 5.75 Å². The van der Waals surface area contributed by atoms with Crippen molar-refractivity contribution in [2.75, 3.05) is 6.54 Å². The second-order valence-electron chi connectivity index (χ2n) is 4.67. The van der Waals surface area contributed by atoms with Crippen molar-refractivity contribution in [1.82, 2.24) is 5.32 Å². The molecule has 116 valence electrons. The third kappa shape index (κ3) is 5.22. The molecule has 2 aromatic rings. The van der Waals surface area contributed by atoms with Gasteiger partial charge in [-0.1, -0.05) is 41.4 Å². The number of hydrogen-bond acceptors (Lipinski definition) is 3. The van der Waals surface area contributed by atoms with Crippen LogP contribution in [0.2, 0.25) is 10.0 Å². The Balaban J connectivity index is 1.93. The molecule has 0 spiro atoms. The van der Waals surface area contributed by atoms with Crippen molar-refractivity contribution < 1.29 is 14.6 Å². The lowest BCUT2D eigenvalue weighted by Crippen LogP contribution is -2.21. The molecule has 0 aliphatic rings. The molecule has 0 radical (unpaired) electrons. The lowest BCUT2D eigenvalue weighted by Gasteiger charge is -2.10. The molecule has 0 aromatic heterocycles. The maximum Gasteiger partial charge on any atom is 0.317 e. The van der Waals surface area contributed by atoms with E-state index in [0.29, 0.717) is 28.9 Å². The summed E-state index contributed by atoms with van der Waals surface area (Å²) in [5, 5.41) is 12.6. The smallest absolute Gasteiger partial charge is 0.317 e. The van der Waals surface area contributed by atoms with E-state index in [-0.39, 0.29) is 6.54 Å². The van der Waals surface area contributed by atoms with Crippen LogP contribution in [0.4, 0.5) is 0 Å². The number of halogens is 2. The Kier molecular flexibility index (Phi) is 6.07. The highest BCUT2D eigenvalue weighted by atomic mass is 35.5. The van der Waals surface area contributed by atoms with Crippen LogP contribution < -0.4 is 10.1 Å². The number of aliphatic carboxylic acids is 1. The summed E-state index contributed by atoms with van der Waals surface area (Å²) in [6, 6.07) is 12.7. The zero-order chi connectivity index (χ0) is 15.9. The van der Waals surface area contributed by atoms with Crippen molar-refractivity contribution in [1.29, 1.82) is 0 Å². The largest absolute Gasteiger partial charge is 0.489 e. The molecule has 0 amide bonds. The molecule has 0 bridgehead atoms. The fourth-order valence-corrected chi connectivity index (χ4v) is 2.32. The molecule has 2 aromatic carbocycles. The molecule has 22 heavy (non-hydrogen) atoms. The van der Waals surface area contributed by atoms with E-state index < -0.39 is 5.97 Å². The fraction of sp³-hybridized carbons (Fsp3) is 0.188. The fourth-order valence-electron chi connectivity index (χ4n) is 1.86. The number of rotatable bonds is 7. The van der Waals surface area contributed by atoms with Crippen molar-refractivity contribution in [3.05, 3.63) is 63.6 Å². The molecule has 0 heterocycles. The average molecular weight is 340 g/mol. The van der Waals surface area contributed by atoms with Crippen molar-refractivity contribution in [2.24, 2.45) is 0 Å². The standard InChI is InChI=1S/C16H15Cl2NO3/c17-13-5-4-12(15(18)7-13)10-22-14-3-1-2-11(6-14)8-19-9-16(20)21/h1-7,19H,8-10H2,(H,20,21). The van der Waals surface area contributed by atoms with Gasteiger partial charge in [0, 0.05) is 22.2 Å². The maximum absolute atomic E-state index is 10.5. The van der Waals surface area contributed by atoms with E-state index in [9.17, 15) is 4.79 Å². The highest BCUT2D eigenvalue weighted by Crippen LogP contribution is 2.23. The van der Waals surface area contributed by atoms with E-state index in [1.165, 1.54) is 0 Å². The Morgan fingerprint density at radius 2 is 2.00 bits per heavy atom. The van der Waals surface area contributed by atoms with Crippen LogP contribution in [0.15, 0.2) is 42.5 Å². The SMILES string of the molecule is O=C(O)CNCc1cccc(OCc2ccc(Cl)cc2Cl)c1. The van der Waals surface area contributed by atoms with Gasteiger partial charge in [0.1, 0.15) is 12.4 Å². The van der Waals surface area contributed by atoms with Crippen LogP contribution in [0.1, 0.15) is 11.1 Å². The second-order valence-corrected chi connectivity index (χ2v) is 5.51. The number of carbonyl (C=O) groups is 1.